The Balaban J connectivity index is 1.81. The van der Waals surface area contributed by atoms with Crippen molar-refractivity contribution in [3.8, 4) is 11.4 Å². The quantitative estimate of drug-likeness (QED) is 0.397. The smallest absolute Gasteiger partial charge is 0.216 e. The Labute approximate surface area is 179 Å². The summed E-state index contributed by atoms with van der Waals surface area (Å²) in [6, 6.07) is 16.8. The van der Waals surface area contributed by atoms with Crippen LogP contribution in [-0.2, 0) is 11.2 Å². The number of rotatable bonds is 10. The lowest BCUT2D eigenvalue weighted by molar-refractivity contribution is -0.118. The van der Waals surface area contributed by atoms with Gasteiger partial charge >= 0.3 is 0 Å². The Morgan fingerprint density at radius 2 is 1.80 bits per heavy atom. The van der Waals surface area contributed by atoms with E-state index < -0.39 is 0 Å². The molecule has 8 heteroatoms. The molecule has 1 N–H and O–H groups in total. The molecule has 3 rings (SSSR count). The highest BCUT2D eigenvalue weighted by Crippen LogP contribution is 2.25. The summed E-state index contributed by atoms with van der Waals surface area (Å²) < 4.78 is 7.44. The van der Waals surface area contributed by atoms with Gasteiger partial charge in [-0.15, -0.1) is 10.2 Å². The monoisotopic (exact) mass is 424 g/mol. The van der Waals surface area contributed by atoms with E-state index in [1.54, 1.807) is 12.1 Å². The Bertz CT molecular complexity index is 987. The Kier molecular flexibility index (Phi) is 7.62. The molecule has 0 bridgehead atoms. The normalized spacial score (nSPS) is 10.6. The Morgan fingerprint density at radius 3 is 2.47 bits per heavy atom. The summed E-state index contributed by atoms with van der Waals surface area (Å²) >= 11 is 1.34. The summed E-state index contributed by atoms with van der Waals surface area (Å²) in [4.78, 5) is 23.7. The standard InChI is InChI=1S/C22H24N4O3S/c1-3-29-19-11-9-18(10-12-19)26-21(13-14-23-16(2)27)24-25-22(26)30-15-20(28)17-7-5-4-6-8-17/h4-12H,3,13-15H2,1-2H3,(H,23,27). The first-order chi connectivity index (χ1) is 14.6. The van der Waals surface area contributed by atoms with Crippen molar-refractivity contribution in [2.24, 2.45) is 0 Å². The van der Waals surface area contributed by atoms with Crippen LogP contribution in [0.15, 0.2) is 59.8 Å². The molecule has 0 spiro atoms. The number of hydrogen-bond donors (Lipinski definition) is 1. The number of Topliss-reactive ketones (excluding diaryl/α,β-unsaturated/α-hetero) is 1. The molecule has 0 saturated carbocycles. The average Bonchev–Trinajstić information content (AvgIpc) is 3.16. The molecular weight excluding hydrogens is 400 g/mol. The van der Waals surface area contributed by atoms with E-state index in [0.717, 1.165) is 11.4 Å². The van der Waals surface area contributed by atoms with Crippen LogP contribution in [-0.4, -0.2) is 45.4 Å². The minimum absolute atomic E-state index is 0.0293. The predicted molar refractivity (Wildman–Crippen MR) is 116 cm³/mol. The molecule has 0 fully saturated rings. The second kappa shape index (κ2) is 10.6. The largest absolute Gasteiger partial charge is 0.494 e. The van der Waals surface area contributed by atoms with Crippen LogP contribution in [0.1, 0.15) is 30.0 Å². The van der Waals surface area contributed by atoms with Crippen molar-refractivity contribution in [2.45, 2.75) is 25.4 Å². The highest BCUT2D eigenvalue weighted by Gasteiger charge is 2.16. The van der Waals surface area contributed by atoms with Gasteiger partial charge in [0.15, 0.2) is 10.9 Å². The SMILES string of the molecule is CCOc1ccc(-n2c(CCNC(C)=O)nnc2SCC(=O)c2ccccc2)cc1. The van der Waals surface area contributed by atoms with Gasteiger partial charge in [-0.2, -0.15) is 0 Å². The highest BCUT2D eigenvalue weighted by molar-refractivity contribution is 7.99. The summed E-state index contributed by atoms with van der Waals surface area (Å²) in [6.45, 7) is 4.47. The maximum atomic E-state index is 12.5. The molecule has 156 valence electrons. The van der Waals surface area contributed by atoms with E-state index in [0.29, 0.717) is 36.1 Å². The first kappa shape index (κ1) is 21.6. The lowest BCUT2D eigenvalue weighted by Crippen LogP contribution is -2.23. The zero-order chi connectivity index (χ0) is 21.3. The fourth-order valence-corrected chi connectivity index (χ4v) is 3.73. The van der Waals surface area contributed by atoms with Crippen molar-refractivity contribution < 1.29 is 14.3 Å². The van der Waals surface area contributed by atoms with E-state index >= 15 is 0 Å². The molecule has 3 aromatic rings. The average molecular weight is 425 g/mol. The number of carbonyl (C=O) groups is 2. The summed E-state index contributed by atoms with van der Waals surface area (Å²) in [5, 5.41) is 12.0. The van der Waals surface area contributed by atoms with Gasteiger partial charge < -0.3 is 10.1 Å². The number of ether oxygens (including phenoxy) is 1. The van der Waals surface area contributed by atoms with E-state index in [-0.39, 0.29) is 17.4 Å². The van der Waals surface area contributed by atoms with Gasteiger partial charge in [0.1, 0.15) is 11.6 Å². The van der Waals surface area contributed by atoms with Gasteiger partial charge in [0.25, 0.3) is 0 Å². The molecule has 2 aromatic carbocycles. The molecule has 0 aliphatic carbocycles. The summed E-state index contributed by atoms with van der Waals surface area (Å²) in [7, 11) is 0. The van der Waals surface area contributed by atoms with Crippen LogP contribution < -0.4 is 10.1 Å². The van der Waals surface area contributed by atoms with Crippen molar-refractivity contribution >= 4 is 23.5 Å². The second-order valence-corrected chi connectivity index (χ2v) is 7.41. The number of hydrogen-bond acceptors (Lipinski definition) is 6. The number of benzene rings is 2. The second-order valence-electron chi connectivity index (χ2n) is 6.47. The van der Waals surface area contributed by atoms with Crippen molar-refractivity contribution in [3.63, 3.8) is 0 Å². The molecule has 0 atom stereocenters. The molecule has 0 aliphatic heterocycles. The molecule has 1 heterocycles. The van der Waals surface area contributed by atoms with E-state index in [9.17, 15) is 9.59 Å². The van der Waals surface area contributed by atoms with Crippen molar-refractivity contribution in [1.82, 2.24) is 20.1 Å². The molecule has 7 nitrogen and oxygen atoms in total. The minimum atomic E-state index is -0.0924. The van der Waals surface area contributed by atoms with Gasteiger partial charge in [-0.3, -0.25) is 14.2 Å². The van der Waals surface area contributed by atoms with Gasteiger partial charge in [-0.25, -0.2) is 0 Å². The zero-order valence-electron chi connectivity index (χ0n) is 17.0. The molecule has 0 saturated heterocycles. The van der Waals surface area contributed by atoms with Crippen LogP contribution in [0.2, 0.25) is 0 Å². The van der Waals surface area contributed by atoms with E-state index in [2.05, 4.69) is 15.5 Å². The minimum Gasteiger partial charge on any atom is -0.494 e. The lowest BCUT2D eigenvalue weighted by Gasteiger charge is -2.11. The number of thioether (sulfide) groups is 1. The van der Waals surface area contributed by atoms with Crippen LogP contribution >= 0.6 is 11.8 Å². The molecule has 0 unspecified atom stereocenters. The van der Waals surface area contributed by atoms with Gasteiger partial charge in [-0.05, 0) is 31.2 Å². The van der Waals surface area contributed by atoms with Crippen LogP contribution in [0.25, 0.3) is 5.69 Å². The summed E-state index contributed by atoms with van der Waals surface area (Å²) in [5.74, 6) is 1.68. The number of carbonyl (C=O) groups excluding carboxylic acids is 2. The molecule has 0 radical (unpaired) electrons. The van der Waals surface area contributed by atoms with E-state index in [1.165, 1.54) is 18.7 Å². The van der Waals surface area contributed by atoms with Crippen molar-refractivity contribution in [3.05, 3.63) is 66.0 Å². The molecule has 0 aliphatic rings. The fraction of sp³-hybridized carbons (Fsp3) is 0.273. The summed E-state index contributed by atoms with van der Waals surface area (Å²) in [5.41, 5.74) is 1.54. The third kappa shape index (κ3) is 5.70. The third-order valence-corrected chi connectivity index (χ3v) is 5.19. The zero-order valence-corrected chi connectivity index (χ0v) is 17.8. The fourth-order valence-electron chi connectivity index (χ4n) is 2.86. The first-order valence-electron chi connectivity index (χ1n) is 9.71. The van der Waals surface area contributed by atoms with Crippen LogP contribution in [0.5, 0.6) is 5.75 Å². The third-order valence-electron chi connectivity index (χ3n) is 4.26. The number of aromatic nitrogens is 3. The maximum absolute atomic E-state index is 12.5. The Hall–Kier alpha value is -3.13. The maximum Gasteiger partial charge on any atom is 0.216 e. The number of amides is 1. The van der Waals surface area contributed by atoms with E-state index in [1.807, 2.05) is 54.0 Å². The van der Waals surface area contributed by atoms with E-state index in [4.69, 9.17) is 4.74 Å². The summed E-state index contributed by atoms with van der Waals surface area (Å²) in [6.07, 6.45) is 0.521. The molecular formula is C22H24N4O3S. The van der Waals surface area contributed by atoms with Gasteiger partial charge in [0.2, 0.25) is 5.91 Å². The van der Waals surface area contributed by atoms with Gasteiger partial charge in [0, 0.05) is 31.1 Å². The molecule has 30 heavy (non-hydrogen) atoms. The van der Waals surface area contributed by atoms with Crippen molar-refractivity contribution in [2.75, 3.05) is 18.9 Å². The number of ketones is 1. The highest BCUT2D eigenvalue weighted by atomic mass is 32.2. The Morgan fingerprint density at radius 1 is 1.07 bits per heavy atom. The van der Waals surface area contributed by atoms with Crippen LogP contribution in [0.3, 0.4) is 0 Å². The number of nitrogens with zero attached hydrogens (tertiary/aromatic N) is 3. The van der Waals surface area contributed by atoms with Gasteiger partial charge in [-0.1, -0.05) is 42.1 Å². The number of nitrogens with one attached hydrogen (secondary N) is 1. The first-order valence-corrected chi connectivity index (χ1v) is 10.7. The molecule has 1 aromatic heterocycles. The van der Waals surface area contributed by atoms with Gasteiger partial charge in [0.05, 0.1) is 12.4 Å². The molecule has 1 amide bonds. The van der Waals surface area contributed by atoms with Crippen LogP contribution in [0, 0.1) is 0 Å². The van der Waals surface area contributed by atoms with Crippen LogP contribution in [0.4, 0.5) is 0 Å². The lowest BCUT2D eigenvalue weighted by atomic mass is 10.2. The topological polar surface area (TPSA) is 86.1 Å². The van der Waals surface area contributed by atoms with Crippen molar-refractivity contribution in [1.29, 1.82) is 0 Å². The predicted octanol–water partition coefficient (Wildman–Crippen LogP) is 3.32.